The number of carbonyl (C=O) groups excluding carboxylic acids is 1. The van der Waals surface area contributed by atoms with Crippen LogP contribution in [0.5, 0.6) is 0 Å². The van der Waals surface area contributed by atoms with Crippen molar-refractivity contribution in [2.24, 2.45) is 4.99 Å². The molecule has 10 nitrogen and oxygen atoms in total. The van der Waals surface area contributed by atoms with E-state index in [1.54, 1.807) is 25.6 Å². The molecule has 1 amide bonds. The summed E-state index contributed by atoms with van der Waals surface area (Å²) in [6.07, 6.45) is 9.17. The van der Waals surface area contributed by atoms with E-state index in [1.807, 2.05) is 18.9 Å². The standard InChI is InChI=1S/C28H38N8O2/c1-6-21(15-29)14-22(30-3)36-17-27(8-7-9-27)23-24(31-19-32-25(23)36)34-12-13-35(20(2)16-34)26(37)28(38-5)10-11-33(4)18-28/h6,14,19-20H,3,7-13,16-18H2,1-2,4-5H3/b21-6+,22-14+. The fraction of sp³-hybridized carbons (Fsp3) is 0.607. The van der Waals surface area contributed by atoms with Gasteiger partial charge in [0.15, 0.2) is 5.60 Å². The smallest absolute Gasteiger partial charge is 0.256 e. The van der Waals surface area contributed by atoms with Gasteiger partial charge in [-0.15, -0.1) is 0 Å². The molecule has 202 valence electrons. The van der Waals surface area contributed by atoms with Crippen molar-refractivity contribution < 1.29 is 9.53 Å². The number of hydrogen-bond acceptors (Lipinski definition) is 9. The molecule has 4 heterocycles. The molecule has 2 unspecified atom stereocenters. The Morgan fingerprint density at radius 1 is 1.24 bits per heavy atom. The highest BCUT2D eigenvalue weighted by Crippen LogP contribution is 2.55. The van der Waals surface area contributed by atoms with E-state index in [1.165, 1.54) is 0 Å². The van der Waals surface area contributed by atoms with E-state index in [9.17, 15) is 10.1 Å². The van der Waals surface area contributed by atoms with Gasteiger partial charge in [-0.1, -0.05) is 12.5 Å². The van der Waals surface area contributed by atoms with Crippen LogP contribution in [0.2, 0.25) is 0 Å². The van der Waals surface area contributed by atoms with Gasteiger partial charge in [-0.3, -0.25) is 4.79 Å². The third-order valence-electron chi connectivity index (χ3n) is 8.92. The number of nitrogens with zero attached hydrogens (tertiary/aromatic N) is 8. The average molecular weight is 519 g/mol. The highest BCUT2D eigenvalue weighted by atomic mass is 16.5. The highest BCUT2D eigenvalue weighted by Gasteiger charge is 2.52. The van der Waals surface area contributed by atoms with E-state index in [4.69, 9.17) is 14.7 Å². The Morgan fingerprint density at radius 3 is 2.55 bits per heavy atom. The Hall–Kier alpha value is -3.29. The Bertz CT molecular complexity index is 1220. The molecular formula is C28H38N8O2. The van der Waals surface area contributed by atoms with Gasteiger partial charge in [0.2, 0.25) is 0 Å². The van der Waals surface area contributed by atoms with Crippen LogP contribution in [0.3, 0.4) is 0 Å². The summed E-state index contributed by atoms with van der Waals surface area (Å²) >= 11 is 0. The van der Waals surface area contributed by atoms with Gasteiger partial charge < -0.3 is 24.3 Å². The second kappa shape index (κ2) is 10.1. The van der Waals surface area contributed by atoms with Crippen LogP contribution in [0.25, 0.3) is 0 Å². The van der Waals surface area contributed by atoms with E-state index in [2.05, 4.69) is 39.4 Å². The number of fused-ring (bicyclic) bond motifs is 2. The van der Waals surface area contributed by atoms with Gasteiger partial charge in [0.05, 0.1) is 11.6 Å². The normalized spacial score (nSPS) is 27.3. The van der Waals surface area contributed by atoms with E-state index in [0.29, 0.717) is 37.6 Å². The fourth-order valence-electron chi connectivity index (χ4n) is 6.58. The number of carbonyl (C=O) groups is 1. The summed E-state index contributed by atoms with van der Waals surface area (Å²) in [4.78, 5) is 36.0. The first-order chi connectivity index (χ1) is 18.3. The number of likely N-dealkylation sites (tertiary alicyclic amines) is 1. The van der Waals surface area contributed by atoms with Gasteiger partial charge >= 0.3 is 0 Å². The van der Waals surface area contributed by atoms with E-state index < -0.39 is 5.60 Å². The van der Waals surface area contributed by atoms with Crippen LogP contribution in [-0.2, 0) is 14.9 Å². The number of anilines is 2. The zero-order valence-corrected chi connectivity index (χ0v) is 23.0. The lowest BCUT2D eigenvalue weighted by Gasteiger charge is -2.45. The Morgan fingerprint density at radius 2 is 2.00 bits per heavy atom. The molecule has 2 atom stereocenters. The quantitative estimate of drug-likeness (QED) is 0.322. The molecule has 1 spiro atoms. The summed E-state index contributed by atoms with van der Waals surface area (Å²) < 4.78 is 5.83. The predicted octanol–water partition coefficient (Wildman–Crippen LogP) is 2.49. The van der Waals surface area contributed by atoms with Crippen LogP contribution in [0.1, 0.15) is 45.1 Å². The molecular weight excluding hydrogens is 480 g/mol. The number of hydrogen-bond donors (Lipinski definition) is 0. The van der Waals surface area contributed by atoms with Gasteiger partial charge in [0.25, 0.3) is 5.91 Å². The number of allylic oxidation sites excluding steroid dienone is 3. The molecule has 3 fully saturated rings. The molecule has 5 rings (SSSR count). The maximum atomic E-state index is 13.7. The van der Waals surface area contributed by atoms with Gasteiger partial charge in [-0.05, 0) is 53.0 Å². The molecule has 0 aromatic carbocycles. The Kier molecular flexibility index (Phi) is 7.01. The van der Waals surface area contributed by atoms with Crippen LogP contribution < -0.4 is 9.80 Å². The minimum absolute atomic E-state index is 0.0211. The largest absolute Gasteiger partial charge is 0.367 e. The van der Waals surface area contributed by atoms with Crippen molar-refractivity contribution in [3.63, 3.8) is 0 Å². The number of amides is 1. The SMILES string of the molecule is C=N/C(=C\C(C#N)=C/C)N1CC2(CCC2)c2c(N3CCN(C(=O)C4(OC)CCN(C)C4)C(C)C3)ncnc21. The number of aliphatic imine (C=N–C) groups is 1. The van der Waals surface area contributed by atoms with Crippen LogP contribution in [0.4, 0.5) is 11.6 Å². The molecule has 2 saturated heterocycles. The van der Waals surface area contributed by atoms with Crippen LogP contribution in [0, 0.1) is 11.3 Å². The molecule has 0 radical (unpaired) electrons. The second-order valence-corrected chi connectivity index (χ2v) is 11.1. The lowest BCUT2D eigenvalue weighted by Crippen LogP contribution is -2.61. The van der Waals surface area contributed by atoms with Crippen LogP contribution in [-0.4, -0.2) is 97.5 Å². The number of rotatable bonds is 6. The summed E-state index contributed by atoms with van der Waals surface area (Å²) in [5.74, 6) is 2.52. The van der Waals surface area contributed by atoms with Crippen molar-refractivity contribution in [2.75, 3.05) is 63.2 Å². The monoisotopic (exact) mass is 518 g/mol. The maximum Gasteiger partial charge on any atom is 0.256 e. The minimum atomic E-state index is -0.756. The van der Waals surface area contributed by atoms with Gasteiger partial charge in [-0.25, -0.2) is 15.0 Å². The summed E-state index contributed by atoms with van der Waals surface area (Å²) in [5.41, 5.74) is 0.906. The number of nitriles is 1. The lowest BCUT2D eigenvalue weighted by molar-refractivity contribution is -0.156. The first kappa shape index (κ1) is 26.3. The van der Waals surface area contributed by atoms with E-state index in [0.717, 1.165) is 56.0 Å². The number of piperazine rings is 1. The topological polar surface area (TPSA) is 101 Å². The second-order valence-electron chi connectivity index (χ2n) is 11.1. The number of ether oxygens (including phenoxy) is 1. The molecule has 1 aromatic rings. The molecule has 3 aliphatic heterocycles. The van der Waals surface area contributed by atoms with Crippen LogP contribution >= 0.6 is 0 Å². The Labute approximate surface area is 225 Å². The highest BCUT2D eigenvalue weighted by molar-refractivity contribution is 5.86. The third kappa shape index (κ3) is 4.18. The van der Waals surface area contributed by atoms with Crippen molar-refractivity contribution >= 4 is 24.3 Å². The zero-order chi connectivity index (χ0) is 27.1. The van der Waals surface area contributed by atoms with Crippen LogP contribution in [0.15, 0.2) is 34.9 Å². The molecule has 1 aliphatic carbocycles. The lowest BCUT2D eigenvalue weighted by atomic mass is 9.66. The zero-order valence-electron chi connectivity index (χ0n) is 23.0. The molecule has 1 saturated carbocycles. The first-order valence-electron chi connectivity index (χ1n) is 13.5. The van der Waals surface area contributed by atoms with Gasteiger partial charge in [0, 0.05) is 63.4 Å². The molecule has 0 N–H and O–H groups in total. The molecule has 4 aliphatic rings. The number of likely N-dealkylation sites (N-methyl/N-ethyl adjacent to an activating group) is 1. The summed E-state index contributed by atoms with van der Waals surface area (Å²) in [7, 11) is 3.69. The first-order valence-corrected chi connectivity index (χ1v) is 13.5. The van der Waals surface area contributed by atoms with Crippen molar-refractivity contribution in [3.05, 3.63) is 35.4 Å². The van der Waals surface area contributed by atoms with E-state index >= 15 is 0 Å². The molecule has 10 heteroatoms. The Balaban J connectivity index is 1.43. The summed E-state index contributed by atoms with van der Waals surface area (Å²) in [6.45, 7) is 12.0. The maximum absolute atomic E-state index is 13.7. The summed E-state index contributed by atoms with van der Waals surface area (Å²) in [5, 5.41) is 9.47. The van der Waals surface area contributed by atoms with Gasteiger partial charge in [0.1, 0.15) is 23.8 Å². The third-order valence-corrected chi connectivity index (χ3v) is 8.92. The van der Waals surface area contributed by atoms with Crippen molar-refractivity contribution in [3.8, 4) is 6.07 Å². The molecule has 38 heavy (non-hydrogen) atoms. The fourth-order valence-corrected chi connectivity index (χ4v) is 6.58. The molecule has 0 bridgehead atoms. The summed E-state index contributed by atoms with van der Waals surface area (Å²) in [6, 6.07) is 2.23. The average Bonchev–Trinajstić information content (AvgIpc) is 3.48. The van der Waals surface area contributed by atoms with Gasteiger partial charge in [-0.2, -0.15) is 5.26 Å². The van der Waals surface area contributed by atoms with Crippen molar-refractivity contribution in [2.45, 2.75) is 56.6 Å². The molecule has 1 aromatic heterocycles. The predicted molar refractivity (Wildman–Crippen MR) is 147 cm³/mol. The minimum Gasteiger partial charge on any atom is -0.367 e. The van der Waals surface area contributed by atoms with Crippen molar-refractivity contribution in [1.82, 2.24) is 19.8 Å². The number of aromatic nitrogens is 2. The van der Waals surface area contributed by atoms with Crippen molar-refractivity contribution in [1.29, 1.82) is 5.26 Å². The number of methoxy groups -OCH3 is 1. The van der Waals surface area contributed by atoms with E-state index in [-0.39, 0.29) is 17.4 Å².